The number of benzene rings is 2. The van der Waals surface area contributed by atoms with Gasteiger partial charge in [0.25, 0.3) is 5.91 Å². The van der Waals surface area contributed by atoms with Gasteiger partial charge in [0, 0.05) is 5.69 Å². The molecule has 1 aromatic heterocycles. The summed E-state index contributed by atoms with van der Waals surface area (Å²) in [6.07, 6.45) is 1.26. The second-order valence-electron chi connectivity index (χ2n) is 6.36. The van der Waals surface area contributed by atoms with Crippen molar-refractivity contribution < 1.29 is 9.59 Å². The summed E-state index contributed by atoms with van der Waals surface area (Å²) in [4.78, 5) is 28.0. The van der Waals surface area contributed by atoms with Crippen LogP contribution in [-0.4, -0.2) is 22.3 Å². The topological polar surface area (TPSA) is 123 Å². The van der Waals surface area contributed by atoms with E-state index in [1.165, 1.54) is 0 Å². The maximum atomic E-state index is 12.2. The third kappa shape index (κ3) is 3.12. The van der Waals surface area contributed by atoms with Gasteiger partial charge in [0.15, 0.2) is 10.8 Å². The van der Waals surface area contributed by atoms with Crippen LogP contribution in [0.1, 0.15) is 23.3 Å². The highest BCUT2D eigenvalue weighted by molar-refractivity contribution is 7.20. The molecule has 2 aromatic carbocycles. The van der Waals surface area contributed by atoms with Crippen LogP contribution in [0.5, 0.6) is 0 Å². The van der Waals surface area contributed by atoms with Crippen LogP contribution in [-0.2, 0) is 4.79 Å². The van der Waals surface area contributed by atoms with Gasteiger partial charge in [-0.15, -0.1) is 0 Å². The smallest absolute Gasteiger partial charge is 0.270 e. The largest absolute Gasteiger partial charge is 0.364 e. The second-order valence-corrected chi connectivity index (χ2v) is 7.36. The summed E-state index contributed by atoms with van der Waals surface area (Å²) in [5, 5.41) is 8.82. The first kappa shape index (κ1) is 16.5. The van der Waals surface area contributed by atoms with Crippen molar-refractivity contribution in [1.29, 1.82) is 0 Å². The quantitative estimate of drug-likeness (QED) is 0.552. The van der Waals surface area contributed by atoms with Crippen molar-refractivity contribution in [3.05, 3.63) is 48.2 Å². The standard InChI is InChI=1S/C18H17N5O2S/c19-14(24)13-15(23-16(25)18(20)7-8-18)26-17(22-13)21-12-6-5-10-3-1-2-4-11(10)9-12/h1-6,9H,7-8,20H2,(H2,19,24)(H,21,22)(H,23,25). The Balaban J connectivity index is 1.60. The van der Waals surface area contributed by atoms with E-state index in [1.54, 1.807) is 0 Å². The fourth-order valence-corrected chi connectivity index (χ4v) is 3.49. The molecule has 8 heteroatoms. The van der Waals surface area contributed by atoms with Gasteiger partial charge in [-0.1, -0.05) is 41.7 Å². The minimum absolute atomic E-state index is 0.0240. The van der Waals surface area contributed by atoms with Crippen LogP contribution in [0.4, 0.5) is 15.8 Å². The molecular weight excluding hydrogens is 350 g/mol. The van der Waals surface area contributed by atoms with E-state index < -0.39 is 11.4 Å². The van der Waals surface area contributed by atoms with Crippen molar-refractivity contribution in [2.24, 2.45) is 11.5 Å². The molecule has 0 atom stereocenters. The van der Waals surface area contributed by atoms with Crippen molar-refractivity contribution in [3.63, 3.8) is 0 Å². The molecule has 0 saturated heterocycles. The highest BCUT2D eigenvalue weighted by Gasteiger charge is 2.46. The number of amides is 2. The lowest BCUT2D eigenvalue weighted by molar-refractivity contribution is -0.118. The molecule has 0 unspecified atom stereocenters. The summed E-state index contributed by atoms with van der Waals surface area (Å²) in [7, 11) is 0. The lowest BCUT2D eigenvalue weighted by Crippen LogP contribution is -2.38. The molecule has 1 aliphatic rings. The summed E-state index contributed by atoms with van der Waals surface area (Å²) in [6.45, 7) is 0. The number of rotatable bonds is 5. The molecule has 0 bridgehead atoms. The zero-order valence-electron chi connectivity index (χ0n) is 13.8. The number of fused-ring (bicyclic) bond motifs is 1. The summed E-state index contributed by atoms with van der Waals surface area (Å²) < 4.78 is 0. The molecule has 4 rings (SSSR count). The summed E-state index contributed by atoms with van der Waals surface area (Å²) >= 11 is 1.15. The number of nitrogens with zero attached hydrogens (tertiary/aromatic N) is 1. The average molecular weight is 367 g/mol. The molecule has 1 saturated carbocycles. The number of primary amides is 1. The van der Waals surface area contributed by atoms with Crippen LogP contribution >= 0.6 is 11.3 Å². The van der Waals surface area contributed by atoms with E-state index in [2.05, 4.69) is 15.6 Å². The SMILES string of the molecule is NC(=O)c1nc(Nc2ccc3ccccc3c2)sc1NC(=O)C1(N)CC1. The molecule has 3 aromatic rings. The van der Waals surface area contributed by atoms with Gasteiger partial charge < -0.3 is 22.1 Å². The van der Waals surface area contributed by atoms with Gasteiger partial charge in [-0.3, -0.25) is 9.59 Å². The minimum atomic E-state index is -0.842. The number of carbonyl (C=O) groups excluding carboxylic acids is 2. The van der Waals surface area contributed by atoms with Crippen molar-refractivity contribution >= 4 is 49.7 Å². The summed E-state index contributed by atoms with van der Waals surface area (Å²) in [6, 6.07) is 13.9. The number of hydrogen-bond acceptors (Lipinski definition) is 6. The molecule has 1 aliphatic carbocycles. The highest BCUT2D eigenvalue weighted by Crippen LogP contribution is 2.36. The van der Waals surface area contributed by atoms with E-state index in [0.717, 1.165) is 27.8 Å². The average Bonchev–Trinajstić information content (AvgIpc) is 3.25. The maximum absolute atomic E-state index is 12.2. The Morgan fingerprint density at radius 2 is 1.85 bits per heavy atom. The molecular formula is C18H17N5O2S. The number of nitrogens with one attached hydrogen (secondary N) is 2. The van der Waals surface area contributed by atoms with Crippen LogP contribution in [0, 0.1) is 0 Å². The van der Waals surface area contributed by atoms with Crippen LogP contribution < -0.4 is 22.1 Å². The number of anilines is 3. The first-order chi connectivity index (χ1) is 12.4. The van der Waals surface area contributed by atoms with E-state index in [-0.39, 0.29) is 11.6 Å². The molecule has 0 aliphatic heterocycles. The monoisotopic (exact) mass is 367 g/mol. The van der Waals surface area contributed by atoms with Crippen molar-refractivity contribution in [2.75, 3.05) is 10.6 Å². The minimum Gasteiger partial charge on any atom is -0.364 e. The molecule has 2 amide bonds. The lowest BCUT2D eigenvalue weighted by atomic mass is 10.1. The predicted octanol–water partition coefficient (Wildman–Crippen LogP) is 2.57. The third-order valence-corrected chi connectivity index (χ3v) is 5.22. The Bertz CT molecular complexity index is 1030. The van der Waals surface area contributed by atoms with Crippen molar-refractivity contribution in [3.8, 4) is 0 Å². The summed E-state index contributed by atoms with van der Waals surface area (Å²) in [5.41, 5.74) is 11.3. The molecule has 26 heavy (non-hydrogen) atoms. The molecule has 132 valence electrons. The first-order valence-corrected chi connectivity index (χ1v) is 8.93. The Morgan fingerprint density at radius 1 is 1.12 bits per heavy atom. The van der Waals surface area contributed by atoms with E-state index in [0.29, 0.717) is 23.0 Å². The Kier molecular flexibility index (Phi) is 3.86. The number of thiazole rings is 1. The van der Waals surface area contributed by atoms with Crippen molar-refractivity contribution in [1.82, 2.24) is 4.98 Å². The van der Waals surface area contributed by atoms with Crippen LogP contribution in [0.2, 0.25) is 0 Å². The van der Waals surface area contributed by atoms with Crippen LogP contribution in [0.25, 0.3) is 10.8 Å². The number of nitrogens with two attached hydrogens (primary N) is 2. The molecule has 1 fully saturated rings. The highest BCUT2D eigenvalue weighted by atomic mass is 32.1. The molecule has 1 heterocycles. The predicted molar refractivity (Wildman–Crippen MR) is 103 cm³/mol. The second kappa shape index (κ2) is 6.08. The number of carbonyl (C=O) groups is 2. The molecule has 0 spiro atoms. The molecule has 7 nitrogen and oxygen atoms in total. The zero-order valence-corrected chi connectivity index (χ0v) is 14.6. The normalized spacial score (nSPS) is 14.8. The van der Waals surface area contributed by atoms with Gasteiger partial charge in [-0.05, 0) is 35.7 Å². The summed E-state index contributed by atoms with van der Waals surface area (Å²) in [5.74, 6) is -1.02. The van der Waals surface area contributed by atoms with Gasteiger partial charge in [0.2, 0.25) is 5.91 Å². The fourth-order valence-electron chi connectivity index (χ4n) is 2.61. The van der Waals surface area contributed by atoms with Crippen LogP contribution in [0.15, 0.2) is 42.5 Å². The molecule has 6 N–H and O–H groups in total. The van der Waals surface area contributed by atoms with Gasteiger partial charge in [0.05, 0.1) is 5.54 Å². The Morgan fingerprint density at radius 3 is 2.54 bits per heavy atom. The van der Waals surface area contributed by atoms with E-state index in [4.69, 9.17) is 11.5 Å². The van der Waals surface area contributed by atoms with Crippen LogP contribution in [0.3, 0.4) is 0 Å². The van der Waals surface area contributed by atoms with Gasteiger partial charge >= 0.3 is 0 Å². The Hall–Kier alpha value is -2.97. The van der Waals surface area contributed by atoms with Gasteiger partial charge in [-0.25, -0.2) is 4.98 Å². The van der Waals surface area contributed by atoms with Gasteiger partial charge in [0.1, 0.15) is 5.00 Å². The van der Waals surface area contributed by atoms with E-state index >= 15 is 0 Å². The Labute approximate surface area is 153 Å². The number of aromatic nitrogens is 1. The molecule has 0 radical (unpaired) electrons. The lowest BCUT2D eigenvalue weighted by Gasteiger charge is -2.08. The number of hydrogen-bond donors (Lipinski definition) is 4. The maximum Gasteiger partial charge on any atom is 0.270 e. The fraction of sp³-hybridized carbons (Fsp3) is 0.167. The zero-order chi connectivity index (χ0) is 18.3. The van der Waals surface area contributed by atoms with E-state index in [1.807, 2.05) is 42.5 Å². The third-order valence-electron chi connectivity index (χ3n) is 4.33. The van der Waals surface area contributed by atoms with E-state index in [9.17, 15) is 9.59 Å². The first-order valence-electron chi connectivity index (χ1n) is 8.11. The van der Waals surface area contributed by atoms with Gasteiger partial charge in [-0.2, -0.15) is 0 Å². The van der Waals surface area contributed by atoms with Crippen molar-refractivity contribution in [2.45, 2.75) is 18.4 Å².